The molecule has 0 saturated carbocycles. The molecule has 0 fully saturated rings. The Morgan fingerprint density at radius 1 is 1.37 bits per heavy atom. The van der Waals surface area contributed by atoms with Gasteiger partial charge in [0.2, 0.25) is 0 Å². The number of rotatable bonds is 3. The fourth-order valence-corrected chi connectivity index (χ4v) is 3.13. The molecule has 0 radical (unpaired) electrons. The topological polar surface area (TPSA) is 20.3 Å². The van der Waals surface area contributed by atoms with Crippen molar-refractivity contribution in [1.29, 1.82) is 0 Å². The van der Waals surface area contributed by atoms with Gasteiger partial charge >= 0.3 is 0 Å². The highest BCUT2D eigenvalue weighted by atomic mass is 16.1. The van der Waals surface area contributed by atoms with Gasteiger partial charge in [-0.2, -0.15) is 0 Å². The average Bonchev–Trinajstić information content (AvgIpc) is 2.37. The first kappa shape index (κ1) is 13.9. The standard InChI is InChI=1S/C17H23NO/c1-6-13(3)18-16-8-7-14(11-19)9-15(16)12(2)10-17(18,4)5/h7-11,13H,6H2,1-5H3/t13-/m0/s1. The molecule has 1 aromatic rings. The lowest BCUT2D eigenvalue weighted by molar-refractivity contribution is 0.112. The molecule has 19 heavy (non-hydrogen) atoms. The van der Waals surface area contributed by atoms with E-state index in [1.165, 1.54) is 16.8 Å². The Labute approximate surface area is 116 Å². The number of allylic oxidation sites excluding steroid dienone is 1. The molecule has 1 aliphatic rings. The molecule has 1 atom stereocenters. The van der Waals surface area contributed by atoms with Crippen molar-refractivity contribution >= 4 is 17.5 Å². The number of carbonyl (C=O) groups is 1. The third-order valence-corrected chi connectivity index (χ3v) is 4.06. The SMILES string of the molecule is CC[C@H](C)N1c2ccc(C=O)cc2C(C)=CC1(C)C. The summed E-state index contributed by atoms with van der Waals surface area (Å²) in [6.07, 6.45) is 4.32. The van der Waals surface area contributed by atoms with E-state index in [-0.39, 0.29) is 5.54 Å². The van der Waals surface area contributed by atoms with E-state index < -0.39 is 0 Å². The second-order valence-corrected chi connectivity index (χ2v) is 6.00. The molecule has 0 bridgehead atoms. The van der Waals surface area contributed by atoms with Gasteiger partial charge in [0.25, 0.3) is 0 Å². The van der Waals surface area contributed by atoms with Crippen molar-refractivity contribution in [2.24, 2.45) is 0 Å². The predicted molar refractivity (Wildman–Crippen MR) is 81.8 cm³/mol. The van der Waals surface area contributed by atoms with Crippen LogP contribution in [-0.4, -0.2) is 17.9 Å². The zero-order valence-corrected chi connectivity index (χ0v) is 12.5. The van der Waals surface area contributed by atoms with Gasteiger partial charge in [0.15, 0.2) is 0 Å². The van der Waals surface area contributed by atoms with Gasteiger partial charge in [-0.1, -0.05) is 13.0 Å². The van der Waals surface area contributed by atoms with Gasteiger partial charge in [-0.05, 0) is 57.9 Å². The number of fused-ring (bicyclic) bond motifs is 1. The van der Waals surface area contributed by atoms with Crippen molar-refractivity contribution in [1.82, 2.24) is 0 Å². The van der Waals surface area contributed by atoms with Crippen LogP contribution in [0.15, 0.2) is 24.3 Å². The van der Waals surface area contributed by atoms with Gasteiger partial charge < -0.3 is 4.90 Å². The summed E-state index contributed by atoms with van der Waals surface area (Å²) in [5.74, 6) is 0. The molecule has 0 spiro atoms. The van der Waals surface area contributed by atoms with Crippen molar-refractivity contribution in [2.75, 3.05) is 4.90 Å². The first-order chi connectivity index (χ1) is 8.90. The Balaban J connectivity index is 2.62. The molecular weight excluding hydrogens is 234 g/mol. The number of anilines is 1. The highest BCUT2D eigenvalue weighted by molar-refractivity contribution is 5.86. The largest absolute Gasteiger partial charge is 0.360 e. The van der Waals surface area contributed by atoms with Gasteiger partial charge in [-0.15, -0.1) is 0 Å². The molecule has 0 unspecified atom stereocenters. The van der Waals surface area contributed by atoms with E-state index >= 15 is 0 Å². The summed E-state index contributed by atoms with van der Waals surface area (Å²) in [5, 5.41) is 0. The Kier molecular flexibility index (Phi) is 3.53. The predicted octanol–water partition coefficient (Wildman–Crippen LogP) is 4.30. The van der Waals surface area contributed by atoms with Crippen LogP contribution in [0.5, 0.6) is 0 Å². The molecule has 0 aromatic heterocycles. The molecule has 2 nitrogen and oxygen atoms in total. The van der Waals surface area contributed by atoms with Gasteiger partial charge in [0.1, 0.15) is 6.29 Å². The van der Waals surface area contributed by atoms with E-state index in [0.717, 1.165) is 18.3 Å². The minimum Gasteiger partial charge on any atom is -0.360 e. The van der Waals surface area contributed by atoms with Crippen LogP contribution in [0, 0.1) is 0 Å². The highest BCUT2D eigenvalue weighted by Crippen LogP contribution is 2.40. The first-order valence-electron chi connectivity index (χ1n) is 6.99. The fraction of sp³-hybridized carbons (Fsp3) is 0.471. The highest BCUT2D eigenvalue weighted by Gasteiger charge is 2.33. The lowest BCUT2D eigenvalue weighted by Gasteiger charge is -2.47. The van der Waals surface area contributed by atoms with Gasteiger partial charge in [-0.25, -0.2) is 0 Å². The maximum absolute atomic E-state index is 11.0. The van der Waals surface area contributed by atoms with Gasteiger partial charge in [0, 0.05) is 22.9 Å². The van der Waals surface area contributed by atoms with Crippen LogP contribution in [0.2, 0.25) is 0 Å². The fourth-order valence-electron chi connectivity index (χ4n) is 3.13. The Hall–Kier alpha value is -1.57. The van der Waals surface area contributed by atoms with Crippen molar-refractivity contribution in [3.05, 3.63) is 35.4 Å². The van der Waals surface area contributed by atoms with Crippen LogP contribution in [0.25, 0.3) is 5.57 Å². The lowest BCUT2D eigenvalue weighted by atomic mass is 9.86. The molecule has 1 aromatic carbocycles. The zero-order valence-electron chi connectivity index (χ0n) is 12.5. The van der Waals surface area contributed by atoms with Crippen molar-refractivity contribution < 1.29 is 4.79 Å². The summed E-state index contributed by atoms with van der Waals surface area (Å²) in [4.78, 5) is 13.4. The molecule has 0 N–H and O–H groups in total. The quantitative estimate of drug-likeness (QED) is 0.752. The van der Waals surface area contributed by atoms with Crippen LogP contribution in [0.3, 0.4) is 0 Å². The molecule has 2 rings (SSSR count). The Bertz CT molecular complexity index is 528. The van der Waals surface area contributed by atoms with Crippen LogP contribution in [0.1, 0.15) is 57.0 Å². The third-order valence-electron chi connectivity index (χ3n) is 4.06. The van der Waals surface area contributed by atoms with Crippen LogP contribution < -0.4 is 4.90 Å². The third kappa shape index (κ3) is 2.32. The molecule has 0 saturated heterocycles. The van der Waals surface area contributed by atoms with Gasteiger partial charge in [-0.3, -0.25) is 4.79 Å². The lowest BCUT2D eigenvalue weighted by Crippen LogP contribution is -2.50. The van der Waals surface area contributed by atoms with Crippen LogP contribution >= 0.6 is 0 Å². The summed E-state index contributed by atoms with van der Waals surface area (Å²) >= 11 is 0. The number of nitrogens with zero attached hydrogens (tertiary/aromatic N) is 1. The molecule has 0 amide bonds. The van der Waals surface area contributed by atoms with Crippen molar-refractivity contribution in [2.45, 2.75) is 52.6 Å². The zero-order chi connectivity index (χ0) is 14.2. The van der Waals surface area contributed by atoms with Crippen molar-refractivity contribution in [3.63, 3.8) is 0 Å². The maximum atomic E-state index is 11.0. The summed E-state index contributed by atoms with van der Waals surface area (Å²) in [6.45, 7) is 11.1. The molecule has 1 heterocycles. The number of carbonyl (C=O) groups excluding carboxylic acids is 1. The Morgan fingerprint density at radius 2 is 2.05 bits per heavy atom. The number of benzene rings is 1. The van der Waals surface area contributed by atoms with E-state index in [9.17, 15) is 4.79 Å². The van der Waals surface area contributed by atoms with E-state index in [2.05, 4.69) is 51.7 Å². The number of aldehydes is 1. The average molecular weight is 257 g/mol. The van der Waals surface area contributed by atoms with Gasteiger partial charge in [0.05, 0.1) is 5.54 Å². The second kappa shape index (κ2) is 4.84. The molecular formula is C17H23NO. The monoisotopic (exact) mass is 257 g/mol. The molecule has 1 aliphatic heterocycles. The first-order valence-corrected chi connectivity index (χ1v) is 6.99. The molecule has 0 aliphatic carbocycles. The summed E-state index contributed by atoms with van der Waals surface area (Å²) in [7, 11) is 0. The van der Waals surface area contributed by atoms with E-state index in [1.54, 1.807) is 0 Å². The van der Waals surface area contributed by atoms with Crippen LogP contribution in [-0.2, 0) is 0 Å². The minimum atomic E-state index is 0.00913. The molecule has 102 valence electrons. The van der Waals surface area contributed by atoms with E-state index in [4.69, 9.17) is 0 Å². The summed E-state index contributed by atoms with van der Waals surface area (Å²) in [5.41, 5.74) is 4.43. The van der Waals surface area contributed by atoms with Crippen molar-refractivity contribution in [3.8, 4) is 0 Å². The summed E-state index contributed by atoms with van der Waals surface area (Å²) < 4.78 is 0. The second-order valence-electron chi connectivity index (χ2n) is 6.00. The van der Waals surface area contributed by atoms with E-state index in [0.29, 0.717) is 6.04 Å². The normalized spacial score (nSPS) is 18.6. The number of hydrogen-bond donors (Lipinski definition) is 0. The maximum Gasteiger partial charge on any atom is 0.150 e. The van der Waals surface area contributed by atoms with E-state index in [1.807, 2.05) is 12.1 Å². The number of hydrogen-bond acceptors (Lipinski definition) is 2. The minimum absolute atomic E-state index is 0.00913. The smallest absolute Gasteiger partial charge is 0.150 e. The summed E-state index contributed by atoms with van der Waals surface area (Å²) in [6, 6.07) is 6.47. The molecule has 2 heteroatoms. The Morgan fingerprint density at radius 3 is 2.63 bits per heavy atom. The van der Waals surface area contributed by atoms with Crippen LogP contribution in [0.4, 0.5) is 5.69 Å².